The van der Waals surface area contributed by atoms with Gasteiger partial charge in [0.2, 0.25) is 5.91 Å². The Hall–Kier alpha value is -2.34. The van der Waals surface area contributed by atoms with Gasteiger partial charge in [-0.2, -0.15) is 0 Å². The van der Waals surface area contributed by atoms with E-state index in [1.54, 1.807) is 6.20 Å². The van der Waals surface area contributed by atoms with E-state index in [1.165, 1.54) is 5.56 Å². The fraction of sp³-hybridized carbons (Fsp3) is 0.500. The van der Waals surface area contributed by atoms with Gasteiger partial charge < -0.3 is 9.80 Å². The molecule has 0 N–H and O–H groups in total. The van der Waals surface area contributed by atoms with Crippen LogP contribution in [0.15, 0.2) is 36.8 Å². The van der Waals surface area contributed by atoms with Crippen LogP contribution in [-0.2, 0) is 11.3 Å². The lowest BCUT2D eigenvalue weighted by Crippen LogP contribution is -2.40. The lowest BCUT2D eigenvalue weighted by molar-refractivity contribution is -0.132. The van der Waals surface area contributed by atoms with Gasteiger partial charge in [-0.1, -0.05) is 6.07 Å². The summed E-state index contributed by atoms with van der Waals surface area (Å²) in [6, 6.07) is 5.98. The maximum atomic E-state index is 12.7. The van der Waals surface area contributed by atoms with Crippen LogP contribution in [-0.4, -0.2) is 57.3 Å². The zero-order valence-electron chi connectivity index (χ0n) is 15.6. The molecular formula is C20H27N5O. The van der Waals surface area contributed by atoms with Gasteiger partial charge in [-0.05, 0) is 44.5 Å². The molecule has 6 heteroatoms. The smallest absolute Gasteiger partial charge is 0.223 e. The van der Waals surface area contributed by atoms with Crippen LogP contribution in [0.1, 0.15) is 42.3 Å². The van der Waals surface area contributed by atoms with Gasteiger partial charge in [-0.25, -0.2) is 9.97 Å². The quantitative estimate of drug-likeness (QED) is 0.798. The van der Waals surface area contributed by atoms with Gasteiger partial charge in [-0.15, -0.1) is 0 Å². The predicted octanol–water partition coefficient (Wildman–Crippen LogP) is 2.41. The van der Waals surface area contributed by atoms with E-state index in [4.69, 9.17) is 0 Å². The first kappa shape index (κ1) is 18.5. The summed E-state index contributed by atoms with van der Waals surface area (Å²) < 4.78 is 0. The Kier molecular flexibility index (Phi) is 6.28. The van der Waals surface area contributed by atoms with Crippen LogP contribution in [0.5, 0.6) is 0 Å². The van der Waals surface area contributed by atoms with Crippen molar-refractivity contribution in [3.05, 3.63) is 53.9 Å². The number of carbonyl (C=O) groups is 1. The number of aryl methyl sites for hydroxylation is 1. The molecule has 6 nitrogen and oxygen atoms in total. The highest BCUT2D eigenvalue weighted by atomic mass is 16.2. The first-order chi connectivity index (χ1) is 12.6. The van der Waals surface area contributed by atoms with Crippen LogP contribution in [0, 0.1) is 6.92 Å². The SMILES string of the molecule is Cc1nccc([C@H]2CCCN(C(=O)CCN(C)Cc3cccnc3)C2)n1. The molecule has 0 bridgehead atoms. The Morgan fingerprint density at radius 1 is 1.35 bits per heavy atom. The van der Waals surface area contributed by atoms with Crippen molar-refractivity contribution in [2.24, 2.45) is 0 Å². The Morgan fingerprint density at radius 3 is 3.00 bits per heavy atom. The minimum absolute atomic E-state index is 0.235. The molecule has 26 heavy (non-hydrogen) atoms. The van der Waals surface area contributed by atoms with E-state index < -0.39 is 0 Å². The van der Waals surface area contributed by atoms with Crippen molar-refractivity contribution < 1.29 is 4.79 Å². The van der Waals surface area contributed by atoms with Crippen LogP contribution >= 0.6 is 0 Å². The van der Waals surface area contributed by atoms with E-state index in [0.29, 0.717) is 12.3 Å². The van der Waals surface area contributed by atoms with Crippen molar-refractivity contribution >= 4 is 5.91 Å². The molecule has 1 saturated heterocycles. The third kappa shape index (κ3) is 5.08. The van der Waals surface area contributed by atoms with Gasteiger partial charge in [0.25, 0.3) is 0 Å². The van der Waals surface area contributed by atoms with Crippen molar-refractivity contribution in [3.8, 4) is 0 Å². The molecule has 3 rings (SSSR count). The second-order valence-electron chi connectivity index (χ2n) is 7.06. The summed E-state index contributed by atoms with van der Waals surface area (Å²) in [7, 11) is 2.04. The minimum Gasteiger partial charge on any atom is -0.342 e. The second kappa shape index (κ2) is 8.85. The van der Waals surface area contributed by atoms with E-state index in [-0.39, 0.29) is 5.91 Å². The molecule has 0 radical (unpaired) electrons. The molecule has 1 atom stereocenters. The Bertz CT molecular complexity index is 721. The fourth-order valence-electron chi connectivity index (χ4n) is 3.47. The normalized spacial score (nSPS) is 17.5. The standard InChI is InChI=1S/C20H27N5O/c1-16-22-10-7-19(23-16)18-6-4-11-25(15-18)20(26)8-12-24(2)14-17-5-3-9-21-13-17/h3,5,7,9-10,13,18H,4,6,8,11-12,14-15H2,1-2H3/t18-/m0/s1. The van der Waals surface area contributed by atoms with E-state index in [9.17, 15) is 4.79 Å². The molecule has 3 heterocycles. The van der Waals surface area contributed by atoms with Gasteiger partial charge in [0, 0.05) is 62.8 Å². The third-order valence-electron chi connectivity index (χ3n) is 4.87. The number of pyridine rings is 1. The zero-order valence-corrected chi connectivity index (χ0v) is 15.6. The number of amides is 1. The summed E-state index contributed by atoms with van der Waals surface area (Å²) in [5.74, 6) is 1.35. The highest BCUT2D eigenvalue weighted by Crippen LogP contribution is 2.25. The second-order valence-corrected chi connectivity index (χ2v) is 7.06. The molecule has 0 unspecified atom stereocenters. The summed E-state index contributed by atoms with van der Waals surface area (Å²) in [5.41, 5.74) is 2.23. The monoisotopic (exact) mass is 353 g/mol. The fourth-order valence-corrected chi connectivity index (χ4v) is 3.47. The van der Waals surface area contributed by atoms with Gasteiger partial charge in [-0.3, -0.25) is 9.78 Å². The average Bonchev–Trinajstić information content (AvgIpc) is 2.67. The highest BCUT2D eigenvalue weighted by Gasteiger charge is 2.25. The molecule has 2 aromatic rings. The van der Waals surface area contributed by atoms with Crippen molar-refractivity contribution in [1.29, 1.82) is 0 Å². The third-order valence-corrected chi connectivity index (χ3v) is 4.87. The summed E-state index contributed by atoms with van der Waals surface area (Å²) in [6.45, 7) is 5.09. The summed E-state index contributed by atoms with van der Waals surface area (Å²) in [6.07, 6.45) is 8.13. The van der Waals surface area contributed by atoms with E-state index in [2.05, 4.69) is 25.9 Å². The molecule has 0 saturated carbocycles. The molecule has 1 aliphatic rings. The van der Waals surface area contributed by atoms with E-state index in [1.807, 2.05) is 43.4 Å². The van der Waals surface area contributed by atoms with Crippen molar-refractivity contribution in [2.75, 3.05) is 26.7 Å². The Balaban J connectivity index is 1.49. The maximum Gasteiger partial charge on any atom is 0.223 e. The molecule has 0 aromatic carbocycles. The van der Waals surface area contributed by atoms with Crippen LogP contribution in [0.2, 0.25) is 0 Å². The first-order valence-corrected chi connectivity index (χ1v) is 9.26. The topological polar surface area (TPSA) is 62.2 Å². The number of nitrogens with zero attached hydrogens (tertiary/aromatic N) is 5. The van der Waals surface area contributed by atoms with Crippen LogP contribution < -0.4 is 0 Å². The van der Waals surface area contributed by atoms with Crippen LogP contribution in [0.25, 0.3) is 0 Å². The maximum absolute atomic E-state index is 12.7. The Morgan fingerprint density at radius 2 is 2.23 bits per heavy atom. The number of aromatic nitrogens is 3. The van der Waals surface area contributed by atoms with Crippen molar-refractivity contribution in [3.63, 3.8) is 0 Å². The molecule has 1 aliphatic heterocycles. The number of hydrogen-bond acceptors (Lipinski definition) is 5. The lowest BCUT2D eigenvalue weighted by atomic mass is 9.94. The molecule has 0 spiro atoms. The van der Waals surface area contributed by atoms with Gasteiger partial charge >= 0.3 is 0 Å². The zero-order chi connectivity index (χ0) is 18.4. The van der Waals surface area contributed by atoms with Gasteiger partial charge in [0.15, 0.2) is 0 Å². The van der Waals surface area contributed by atoms with Crippen LogP contribution in [0.4, 0.5) is 0 Å². The molecule has 1 fully saturated rings. The average molecular weight is 353 g/mol. The van der Waals surface area contributed by atoms with Crippen LogP contribution in [0.3, 0.4) is 0 Å². The first-order valence-electron chi connectivity index (χ1n) is 9.26. The predicted molar refractivity (Wildman–Crippen MR) is 101 cm³/mol. The molecule has 138 valence electrons. The largest absolute Gasteiger partial charge is 0.342 e. The van der Waals surface area contributed by atoms with Crippen molar-refractivity contribution in [1.82, 2.24) is 24.8 Å². The summed E-state index contributed by atoms with van der Waals surface area (Å²) in [4.78, 5) is 29.7. The summed E-state index contributed by atoms with van der Waals surface area (Å²) >= 11 is 0. The number of rotatable bonds is 6. The van der Waals surface area contributed by atoms with E-state index >= 15 is 0 Å². The van der Waals surface area contributed by atoms with Gasteiger partial charge in [0.1, 0.15) is 5.82 Å². The number of likely N-dealkylation sites (tertiary alicyclic amines) is 1. The molecule has 1 amide bonds. The number of piperidine rings is 1. The molecule has 0 aliphatic carbocycles. The highest BCUT2D eigenvalue weighted by molar-refractivity contribution is 5.76. The minimum atomic E-state index is 0.235. The van der Waals surface area contributed by atoms with Gasteiger partial charge in [0.05, 0.1) is 0 Å². The number of carbonyl (C=O) groups excluding carboxylic acids is 1. The summed E-state index contributed by atoms with van der Waals surface area (Å²) in [5, 5.41) is 0. The molecule has 2 aromatic heterocycles. The van der Waals surface area contributed by atoms with E-state index in [0.717, 1.165) is 50.5 Å². The number of hydrogen-bond donors (Lipinski definition) is 0. The van der Waals surface area contributed by atoms with Crippen molar-refractivity contribution in [2.45, 2.75) is 38.6 Å². The Labute approximate surface area is 155 Å². The lowest BCUT2D eigenvalue weighted by Gasteiger charge is -2.33. The molecular weight excluding hydrogens is 326 g/mol.